The van der Waals surface area contributed by atoms with Gasteiger partial charge in [-0.25, -0.2) is 13.2 Å². The zero-order valence-corrected chi connectivity index (χ0v) is 67.3. The van der Waals surface area contributed by atoms with Gasteiger partial charge < -0.3 is 47.9 Å². The second kappa shape index (κ2) is 33.1. The number of esters is 3. The number of rotatable bonds is 12. The Bertz CT molecular complexity index is 5690. The van der Waals surface area contributed by atoms with Crippen molar-refractivity contribution >= 4 is 82.5 Å². The molecule has 9 aliphatic rings. The average Bonchev–Trinajstić information content (AvgIpc) is 1.51. The number of hydrogen-bond acceptors (Lipinski definition) is 22. The summed E-state index contributed by atoms with van der Waals surface area (Å²) in [4.78, 5) is 123. The SMILES string of the molecule is CC(=O)OCOc1c2n(ccc1=O)N([C@@H]1c3ccccc3SCc3c1ccc(F)c3F)[C@@H]1CC(C)(C)CCN1C2=O.CC(=O)OCOc1c2n(ccc1=O)N([C@@H]1c3ccccc3SCc3cccc(Cl)c31)[C@@H]1COCCN1C2=O.CC(=O)OCOc1c2n(ccc1=O)N([C@H]1c3ccc(F)cc3CSc3ccccc31)[C@@H]1CCCCN1C2=O. The lowest BCUT2D eigenvalue weighted by Gasteiger charge is -2.54. The molecular formula is C85H79ClF3N9O16S3. The molecule has 0 aliphatic carbocycles. The van der Waals surface area contributed by atoms with Gasteiger partial charge in [0, 0.05) is 125 Å². The number of halogens is 4. The van der Waals surface area contributed by atoms with Crippen LogP contribution in [-0.2, 0) is 50.6 Å². The van der Waals surface area contributed by atoms with Crippen molar-refractivity contribution in [1.82, 2.24) is 28.7 Å². The predicted octanol–water partition coefficient (Wildman–Crippen LogP) is 12.7. The third-order valence-corrected chi connectivity index (χ3v) is 25.9. The number of ether oxygens (including phenoxy) is 7. The van der Waals surface area contributed by atoms with Gasteiger partial charge in [0.1, 0.15) is 30.4 Å². The number of piperidine rings is 2. The van der Waals surface area contributed by atoms with Crippen LogP contribution >= 0.6 is 46.9 Å². The van der Waals surface area contributed by atoms with E-state index in [1.165, 1.54) is 63.0 Å². The fraction of sp³-hybridized carbons (Fsp3) is 0.329. The monoisotopic (exact) mass is 1670 g/mol. The third-order valence-electron chi connectivity index (χ3n) is 22.2. The summed E-state index contributed by atoms with van der Waals surface area (Å²) in [6.07, 6.45) is 7.33. The number of aromatic nitrogens is 3. The lowest BCUT2D eigenvalue weighted by Crippen LogP contribution is -2.66. The van der Waals surface area contributed by atoms with E-state index in [0.717, 1.165) is 91.1 Å². The number of carbonyl (C=O) groups is 6. The van der Waals surface area contributed by atoms with Crippen LogP contribution in [0, 0.1) is 22.9 Å². The van der Waals surface area contributed by atoms with Gasteiger partial charge in [-0.05, 0) is 119 Å². The van der Waals surface area contributed by atoms with E-state index in [-0.39, 0.29) is 93.4 Å². The van der Waals surface area contributed by atoms with Gasteiger partial charge in [0.2, 0.25) is 53.9 Å². The average molecular weight is 1670 g/mol. The first-order valence-electron chi connectivity index (χ1n) is 38.1. The third kappa shape index (κ3) is 15.1. The van der Waals surface area contributed by atoms with E-state index in [9.17, 15) is 51.9 Å². The van der Waals surface area contributed by atoms with Crippen LogP contribution in [0.4, 0.5) is 13.2 Å². The van der Waals surface area contributed by atoms with E-state index in [1.807, 2.05) is 76.7 Å². The molecule has 0 spiro atoms. The van der Waals surface area contributed by atoms with Gasteiger partial charge >= 0.3 is 17.9 Å². The van der Waals surface area contributed by atoms with Crippen molar-refractivity contribution < 1.29 is 75.1 Å². The van der Waals surface area contributed by atoms with Crippen LogP contribution in [-0.4, -0.2) is 136 Å². The fourth-order valence-corrected chi connectivity index (χ4v) is 20.5. The van der Waals surface area contributed by atoms with Crippen LogP contribution < -0.4 is 45.5 Å². The summed E-state index contributed by atoms with van der Waals surface area (Å²) in [6, 6.07) is 40.0. The molecule has 0 saturated carbocycles. The normalized spacial score (nSPS) is 20.3. The Morgan fingerprint density at radius 3 is 1.51 bits per heavy atom. The van der Waals surface area contributed by atoms with E-state index in [0.29, 0.717) is 49.0 Å². The summed E-state index contributed by atoms with van der Waals surface area (Å²) in [5.74, 6) is -3.91. The Balaban J connectivity index is 0.000000132. The number of hydrogen-bond donors (Lipinski definition) is 0. The Morgan fingerprint density at radius 2 is 0.966 bits per heavy atom. The van der Waals surface area contributed by atoms with E-state index >= 15 is 4.39 Å². The number of carbonyl (C=O) groups excluding carboxylic acids is 6. The zero-order chi connectivity index (χ0) is 81.8. The Kier molecular flexibility index (Phi) is 22.6. The number of amides is 3. The molecule has 6 aromatic carbocycles. The minimum Gasteiger partial charge on any atom is -0.451 e. The topological polar surface area (TPSA) is 252 Å². The Labute approximate surface area is 686 Å². The fourth-order valence-electron chi connectivity index (χ4n) is 16.9. The van der Waals surface area contributed by atoms with Crippen molar-refractivity contribution in [2.45, 2.75) is 135 Å². The highest BCUT2D eigenvalue weighted by atomic mass is 35.5. The molecule has 0 bridgehead atoms. The predicted molar refractivity (Wildman–Crippen MR) is 428 cm³/mol. The molecule has 0 N–H and O–H groups in total. The van der Waals surface area contributed by atoms with Gasteiger partial charge in [0.25, 0.3) is 17.7 Å². The van der Waals surface area contributed by atoms with E-state index in [1.54, 1.807) is 76.8 Å². The minimum atomic E-state index is -0.923. The molecule has 3 fully saturated rings. The van der Waals surface area contributed by atoms with Gasteiger partial charge in [-0.1, -0.05) is 104 Å². The first kappa shape index (κ1) is 79.7. The number of pyridine rings is 3. The standard InChI is InChI=1S/C30H29F2N3O5S.C28H26FN3O5S.C27H24ClN3O6S/c1-17(36)39-16-40-28-22(37)10-12-34-27(28)29(38)33-13-11-30(2,3)14-24(33)35(34)26-18-8-9-21(31)25(32)20(18)15-41-23-7-5-4-6-19(23)26;1-17(33)36-16-37-27-22(34)11-13-31-26(27)28(35)30-12-5-4-8-24(30)32(31)25-20-10-9-19(29)14-18(20)15-38-23-7-3-2-6-21(23)25;1-16(32)36-15-37-26-20(33)9-10-30-25(26)27(34)29-11-12-35-13-22(29)31(30)24-18-6-2-3-8-21(18)38-14-17-5-4-7-19(28)23(17)24/h4-10,12,24,26H,11,13-16H2,1-3H3;2-3,6-7,9-11,13-14,24-25H,4-5,8,12,15-16H2,1H3;2-10,22,24H,11-15H2,1H3/t24-,26+;24-,25+;22-,24-/m111/s1. The summed E-state index contributed by atoms with van der Waals surface area (Å²) in [6.45, 7) is 8.40. The maximum atomic E-state index is 15.4. The smallest absolute Gasteiger partial charge is 0.305 e. The summed E-state index contributed by atoms with van der Waals surface area (Å²) < 4.78 is 86.7. The molecular weight excluding hydrogens is 1590 g/mol. The largest absolute Gasteiger partial charge is 0.451 e. The van der Waals surface area contributed by atoms with Crippen LogP contribution in [0.3, 0.4) is 0 Å². The molecule has 12 heterocycles. The van der Waals surface area contributed by atoms with Crippen LogP contribution in [0.15, 0.2) is 187 Å². The van der Waals surface area contributed by atoms with Gasteiger partial charge in [-0.2, -0.15) is 0 Å². The second-order valence-corrected chi connectivity index (χ2v) is 33.3. The van der Waals surface area contributed by atoms with Crippen molar-refractivity contribution in [3.05, 3.63) is 278 Å². The maximum absolute atomic E-state index is 15.4. The van der Waals surface area contributed by atoms with Crippen molar-refractivity contribution in [2.75, 3.05) is 68.3 Å². The molecule has 9 aromatic rings. The van der Waals surface area contributed by atoms with E-state index in [4.69, 9.17) is 44.8 Å². The minimum absolute atomic E-state index is 0.0147. The number of nitrogens with zero attached hydrogens (tertiary/aromatic N) is 9. The Hall–Kier alpha value is -11.1. The zero-order valence-electron chi connectivity index (χ0n) is 64.1. The van der Waals surface area contributed by atoms with Crippen molar-refractivity contribution in [3.63, 3.8) is 0 Å². The first-order valence-corrected chi connectivity index (χ1v) is 41.4. The molecule has 3 aromatic heterocycles. The van der Waals surface area contributed by atoms with Crippen molar-refractivity contribution in [3.8, 4) is 17.2 Å². The molecule has 25 nitrogen and oxygen atoms in total. The lowest BCUT2D eigenvalue weighted by molar-refractivity contribution is -0.148. The first-order chi connectivity index (χ1) is 56.5. The highest BCUT2D eigenvalue weighted by Gasteiger charge is 2.52. The number of thioether (sulfide) groups is 3. The molecule has 18 rings (SSSR count). The molecule has 0 unspecified atom stereocenters. The highest BCUT2D eigenvalue weighted by Crippen LogP contribution is 2.51. The second-order valence-electron chi connectivity index (χ2n) is 29.8. The van der Waals surface area contributed by atoms with Crippen LogP contribution in [0.1, 0.15) is 166 Å². The quantitative estimate of drug-likeness (QED) is 0.0626. The molecule has 32 heteroatoms. The van der Waals surface area contributed by atoms with Gasteiger partial charge in [0.05, 0.1) is 25.3 Å². The number of fused-ring (bicyclic) bond motifs is 12. The molecule has 0 radical (unpaired) electrons. The molecule has 6 atom stereocenters. The van der Waals surface area contributed by atoms with Gasteiger partial charge in [-0.15, -0.1) is 35.3 Å². The number of morpholine rings is 1. The van der Waals surface area contributed by atoms with E-state index in [2.05, 4.69) is 49.2 Å². The summed E-state index contributed by atoms with van der Waals surface area (Å²) in [5.41, 5.74) is 6.08. The molecule has 3 amide bonds. The highest BCUT2D eigenvalue weighted by molar-refractivity contribution is 7.99. The van der Waals surface area contributed by atoms with Crippen molar-refractivity contribution in [2.24, 2.45) is 5.41 Å². The summed E-state index contributed by atoms with van der Waals surface area (Å²) >= 11 is 11.7. The molecule has 3 saturated heterocycles. The van der Waals surface area contributed by atoms with Gasteiger partial charge in [0.15, 0.2) is 28.7 Å². The molecule has 9 aliphatic heterocycles. The van der Waals surface area contributed by atoms with Crippen LogP contribution in [0.5, 0.6) is 17.2 Å². The molecule has 117 heavy (non-hydrogen) atoms. The molecule has 606 valence electrons. The maximum Gasteiger partial charge on any atom is 0.305 e. The van der Waals surface area contributed by atoms with Crippen LogP contribution in [0.2, 0.25) is 5.02 Å². The van der Waals surface area contributed by atoms with Crippen molar-refractivity contribution in [1.29, 1.82) is 0 Å². The summed E-state index contributed by atoms with van der Waals surface area (Å²) in [5, 5.41) is 6.76. The number of benzene rings is 6. The lowest BCUT2D eigenvalue weighted by atomic mass is 9.79. The van der Waals surface area contributed by atoms with E-state index < -0.39 is 90.6 Å². The summed E-state index contributed by atoms with van der Waals surface area (Å²) in [7, 11) is 0. The van der Waals surface area contributed by atoms with Crippen LogP contribution in [0.25, 0.3) is 0 Å². The van der Waals surface area contributed by atoms with Gasteiger partial charge in [-0.3, -0.25) is 72.2 Å². The Morgan fingerprint density at radius 1 is 0.496 bits per heavy atom.